The maximum absolute atomic E-state index is 6.18. The van der Waals surface area contributed by atoms with Crippen molar-refractivity contribution in [3.8, 4) is 0 Å². The molecule has 0 aliphatic heterocycles. The molecule has 0 aromatic carbocycles. The molecule has 2 aliphatic rings. The average Bonchev–Trinajstić information content (AvgIpc) is 2.61. The van der Waals surface area contributed by atoms with E-state index in [1.165, 1.54) is 17.6 Å². The lowest BCUT2D eigenvalue weighted by atomic mass is 9.89. The van der Waals surface area contributed by atoms with Gasteiger partial charge in [0.25, 0.3) is 0 Å². The van der Waals surface area contributed by atoms with Crippen LogP contribution >= 0.6 is 0 Å². The monoisotopic (exact) mass is 340 g/mol. The quantitative estimate of drug-likeness (QED) is 0.772. The van der Waals surface area contributed by atoms with E-state index in [4.69, 9.17) is 4.74 Å². The minimum absolute atomic E-state index is 0.202. The summed E-state index contributed by atoms with van der Waals surface area (Å²) < 4.78 is 6.18. The van der Waals surface area contributed by atoms with Crippen LogP contribution in [0.5, 0.6) is 0 Å². The lowest BCUT2D eigenvalue weighted by Gasteiger charge is -2.28. The van der Waals surface area contributed by atoms with Crippen LogP contribution in [0.4, 0.5) is 5.95 Å². The minimum atomic E-state index is -0.296. The SMILES string of the molecule is CNC(Nc1nc(C)cc(C)n1)OC1CC=C(C2=CCCC=C2)CC1. The predicted molar refractivity (Wildman–Crippen MR) is 101 cm³/mol. The second kappa shape index (κ2) is 8.41. The summed E-state index contributed by atoms with van der Waals surface area (Å²) in [4.78, 5) is 8.84. The smallest absolute Gasteiger partial charge is 0.226 e. The van der Waals surface area contributed by atoms with E-state index in [2.05, 4.69) is 44.9 Å². The second-order valence-electron chi connectivity index (χ2n) is 6.69. The van der Waals surface area contributed by atoms with Crippen LogP contribution < -0.4 is 10.6 Å². The van der Waals surface area contributed by atoms with E-state index in [-0.39, 0.29) is 12.5 Å². The molecule has 3 rings (SSSR count). The Morgan fingerprint density at radius 2 is 1.96 bits per heavy atom. The van der Waals surface area contributed by atoms with Gasteiger partial charge in [0.15, 0.2) is 6.35 Å². The Morgan fingerprint density at radius 3 is 2.56 bits per heavy atom. The van der Waals surface area contributed by atoms with Gasteiger partial charge in [0.2, 0.25) is 5.95 Å². The van der Waals surface area contributed by atoms with Crippen molar-refractivity contribution in [2.75, 3.05) is 12.4 Å². The molecule has 1 heterocycles. The summed E-state index contributed by atoms with van der Waals surface area (Å²) in [7, 11) is 1.88. The van der Waals surface area contributed by atoms with Crippen molar-refractivity contribution in [1.29, 1.82) is 0 Å². The summed E-state index contributed by atoms with van der Waals surface area (Å²) in [6, 6.07) is 1.96. The molecule has 0 radical (unpaired) electrons. The van der Waals surface area contributed by atoms with Crippen molar-refractivity contribution < 1.29 is 4.74 Å². The molecule has 1 aromatic heterocycles. The molecule has 2 unspecified atom stereocenters. The van der Waals surface area contributed by atoms with E-state index in [9.17, 15) is 0 Å². The van der Waals surface area contributed by atoms with Crippen LogP contribution in [0.1, 0.15) is 43.5 Å². The first-order chi connectivity index (χ1) is 12.1. The van der Waals surface area contributed by atoms with Gasteiger partial charge >= 0.3 is 0 Å². The lowest BCUT2D eigenvalue weighted by Crippen LogP contribution is -2.40. The van der Waals surface area contributed by atoms with Crippen molar-refractivity contribution >= 4 is 5.95 Å². The molecule has 2 aliphatic carbocycles. The van der Waals surface area contributed by atoms with Gasteiger partial charge in [-0.3, -0.25) is 5.32 Å². The fourth-order valence-corrected chi connectivity index (χ4v) is 3.32. The van der Waals surface area contributed by atoms with Crippen LogP contribution in [0.25, 0.3) is 0 Å². The van der Waals surface area contributed by atoms with Crippen LogP contribution in [0.15, 0.2) is 41.5 Å². The van der Waals surface area contributed by atoms with Gasteiger partial charge in [-0.1, -0.05) is 24.3 Å². The van der Waals surface area contributed by atoms with Crippen molar-refractivity contribution in [2.45, 2.75) is 58.4 Å². The Balaban J connectivity index is 1.57. The van der Waals surface area contributed by atoms with E-state index in [1.807, 2.05) is 27.0 Å². The highest BCUT2D eigenvalue weighted by atomic mass is 16.5. The molecule has 5 heteroatoms. The van der Waals surface area contributed by atoms with Crippen molar-refractivity contribution in [1.82, 2.24) is 15.3 Å². The third-order valence-electron chi connectivity index (χ3n) is 4.56. The Bertz CT molecular complexity index is 673. The first-order valence-electron chi connectivity index (χ1n) is 9.11. The van der Waals surface area contributed by atoms with Crippen LogP contribution in [-0.2, 0) is 4.74 Å². The van der Waals surface area contributed by atoms with E-state index >= 15 is 0 Å². The number of hydrogen-bond donors (Lipinski definition) is 2. The van der Waals surface area contributed by atoms with Gasteiger partial charge in [-0.05, 0) is 70.2 Å². The third-order valence-corrected chi connectivity index (χ3v) is 4.56. The summed E-state index contributed by atoms with van der Waals surface area (Å²) in [5.74, 6) is 0.599. The molecule has 2 N–H and O–H groups in total. The standard InChI is InChI=1S/C20H28N4O/c1-14-13-15(2)23-19(22-14)24-20(21-3)25-18-11-9-17(10-12-18)16-7-5-4-6-8-16/h5,7-9,13,18,20-21H,4,6,10-12H2,1-3H3,(H,22,23,24). The maximum Gasteiger partial charge on any atom is 0.226 e. The van der Waals surface area contributed by atoms with Crippen LogP contribution in [0, 0.1) is 13.8 Å². The van der Waals surface area contributed by atoms with Gasteiger partial charge in [-0.2, -0.15) is 0 Å². The summed E-state index contributed by atoms with van der Waals surface area (Å²) in [5.41, 5.74) is 4.76. The number of allylic oxidation sites excluding steroid dienone is 5. The molecule has 25 heavy (non-hydrogen) atoms. The van der Waals surface area contributed by atoms with Crippen molar-refractivity contribution in [2.24, 2.45) is 0 Å². The Hall–Kier alpha value is -1.98. The fraction of sp³-hybridized carbons (Fsp3) is 0.500. The molecule has 5 nitrogen and oxygen atoms in total. The maximum atomic E-state index is 6.18. The zero-order valence-electron chi connectivity index (χ0n) is 15.4. The van der Waals surface area contributed by atoms with Gasteiger partial charge in [-0.15, -0.1) is 0 Å². The average molecular weight is 340 g/mol. The van der Waals surface area contributed by atoms with Crippen molar-refractivity contribution in [3.63, 3.8) is 0 Å². The Kier molecular flexibility index (Phi) is 6.00. The number of nitrogens with zero attached hydrogens (tertiary/aromatic N) is 2. The largest absolute Gasteiger partial charge is 0.341 e. The number of rotatable bonds is 6. The summed E-state index contributed by atoms with van der Waals surface area (Å²) in [5, 5.41) is 6.39. The second-order valence-corrected chi connectivity index (χ2v) is 6.69. The summed E-state index contributed by atoms with van der Waals surface area (Å²) >= 11 is 0. The van der Waals surface area contributed by atoms with Crippen LogP contribution in [0.2, 0.25) is 0 Å². The van der Waals surface area contributed by atoms with Crippen LogP contribution in [-0.4, -0.2) is 29.5 Å². The topological polar surface area (TPSA) is 59.1 Å². The molecule has 0 spiro atoms. The summed E-state index contributed by atoms with van der Waals surface area (Å²) in [6.07, 6.45) is 14.5. The third kappa shape index (κ3) is 5.00. The highest BCUT2D eigenvalue weighted by molar-refractivity contribution is 5.42. The number of anilines is 1. The van der Waals surface area contributed by atoms with Crippen molar-refractivity contribution in [3.05, 3.63) is 52.9 Å². The first-order valence-corrected chi connectivity index (χ1v) is 9.11. The Morgan fingerprint density at radius 1 is 1.16 bits per heavy atom. The molecular weight excluding hydrogens is 312 g/mol. The van der Waals surface area contributed by atoms with E-state index in [0.29, 0.717) is 5.95 Å². The van der Waals surface area contributed by atoms with Gasteiger partial charge in [-0.25, -0.2) is 9.97 Å². The van der Waals surface area contributed by atoms with Gasteiger partial charge < -0.3 is 10.1 Å². The van der Waals surface area contributed by atoms with E-state index < -0.39 is 0 Å². The predicted octanol–water partition coefficient (Wildman–Crippen LogP) is 3.78. The number of nitrogens with one attached hydrogen (secondary N) is 2. The molecule has 2 atom stereocenters. The number of ether oxygens (including phenoxy) is 1. The highest BCUT2D eigenvalue weighted by Crippen LogP contribution is 2.29. The van der Waals surface area contributed by atoms with Gasteiger partial charge in [0.05, 0.1) is 6.10 Å². The normalized spacial score (nSPS) is 21.5. The molecule has 0 fully saturated rings. The van der Waals surface area contributed by atoms with Gasteiger partial charge in [0.1, 0.15) is 0 Å². The molecule has 0 saturated carbocycles. The van der Waals surface area contributed by atoms with Gasteiger partial charge in [0, 0.05) is 11.4 Å². The van der Waals surface area contributed by atoms with E-state index in [1.54, 1.807) is 0 Å². The molecular formula is C20H28N4O. The number of hydrogen-bond acceptors (Lipinski definition) is 5. The first kappa shape index (κ1) is 17.8. The molecule has 134 valence electrons. The fourth-order valence-electron chi connectivity index (χ4n) is 3.32. The molecule has 0 amide bonds. The zero-order valence-corrected chi connectivity index (χ0v) is 15.4. The summed E-state index contributed by atoms with van der Waals surface area (Å²) in [6.45, 7) is 3.94. The molecule has 1 aromatic rings. The molecule has 0 saturated heterocycles. The minimum Gasteiger partial charge on any atom is -0.341 e. The highest BCUT2D eigenvalue weighted by Gasteiger charge is 2.20. The number of aromatic nitrogens is 2. The lowest BCUT2D eigenvalue weighted by molar-refractivity contribution is -0.0153. The Labute approximate surface area is 150 Å². The number of aryl methyl sites for hydroxylation is 2. The zero-order chi connectivity index (χ0) is 17.6. The van der Waals surface area contributed by atoms with E-state index in [0.717, 1.165) is 37.1 Å². The van der Waals surface area contributed by atoms with Crippen LogP contribution in [0.3, 0.4) is 0 Å². The molecule has 0 bridgehead atoms.